The molecule has 156 valence electrons. The first kappa shape index (κ1) is 19.1. The topological polar surface area (TPSA) is 161 Å². The molecule has 12 nitrogen and oxygen atoms in total. The van der Waals surface area contributed by atoms with Crippen molar-refractivity contribution >= 4 is 23.8 Å². The highest BCUT2D eigenvalue weighted by atomic mass is 16.8. The van der Waals surface area contributed by atoms with Crippen LogP contribution in [-0.4, -0.2) is 78.5 Å². The molecule has 29 heavy (non-hydrogen) atoms. The molecule has 1 unspecified atom stereocenters. The second kappa shape index (κ2) is 6.39. The smallest absolute Gasteiger partial charge is 0.410 e. The SMILES string of the molecule is COC(=O)c1cc(O)c2c(c1)N1C[C@H]3[C@H](N3C(=O)OC)C(O)(O1)[C@H]2COC(N)=O. The molecule has 3 aliphatic heterocycles. The number of phenolic OH excluding ortho intramolecular Hbond substituents is 1. The van der Waals surface area contributed by atoms with Crippen molar-refractivity contribution in [2.75, 3.05) is 32.4 Å². The number of rotatable bonds is 3. The zero-order chi connectivity index (χ0) is 21.1. The van der Waals surface area contributed by atoms with Crippen molar-refractivity contribution in [2.45, 2.75) is 23.8 Å². The number of carbonyl (C=O) groups excluding carboxylic acids is 3. The maximum absolute atomic E-state index is 12.1. The van der Waals surface area contributed by atoms with Gasteiger partial charge in [-0.25, -0.2) is 24.3 Å². The van der Waals surface area contributed by atoms with Gasteiger partial charge in [0.05, 0.1) is 44.0 Å². The van der Waals surface area contributed by atoms with Gasteiger partial charge in [-0.1, -0.05) is 0 Å². The van der Waals surface area contributed by atoms with Gasteiger partial charge in [-0.05, 0) is 12.1 Å². The van der Waals surface area contributed by atoms with E-state index in [4.69, 9.17) is 24.8 Å². The van der Waals surface area contributed by atoms with E-state index < -0.39 is 48.6 Å². The Kier molecular flexibility index (Phi) is 4.20. The van der Waals surface area contributed by atoms with E-state index in [1.807, 2.05) is 0 Å². The number of hydroxylamine groups is 1. The minimum Gasteiger partial charge on any atom is -0.508 e. The van der Waals surface area contributed by atoms with E-state index in [0.29, 0.717) is 0 Å². The van der Waals surface area contributed by atoms with Gasteiger partial charge in [-0.15, -0.1) is 0 Å². The minimum absolute atomic E-state index is 0.0510. The zero-order valence-electron chi connectivity index (χ0n) is 15.5. The largest absolute Gasteiger partial charge is 0.508 e. The lowest BCUT2D eigenvalue weighted by Gasteiger charge is -2.47. The van der Waals surface area contributed by atoms with Crippen LogP contribution in [0.25, 0.3) is 0 Å². The Labute approximate surface area is 164 Å². The van der Waals surface area contributed by atoms with E-state index in [-0.39, 0.29) is 29.1 Å². The van der Waals surface area contributed by atoms with Crippen LogP contribution in [0.15, 0.2) is 12.1 Å². The van der Waals surface area contributed by atoms with Crippen molar-refractivity contribution in [3.8, 4) is 5.75 Å². The van der Waals surface area contributed by atoms with Crippen molar-refractivity contribution in [3.63, 3.8) is 0 Å². The molecule has 0 aromatic heterocycles. The molecule has 1 aromatic carbocycles. The third kappa shape index (κ3) is 2.71. The van der Waals surface area contributed by atoms with Crippen LogP contribution in [-0.2, 0) is 19.0 Å². The van der Waals surface area contributed by atoms with E-state index >= 15 is 0 Å². The van der Waals surface area contributed by atoms with Crippen LogP contribution in [0.2, 0.25) is 0 Å². The van der Waals surface area contributed by atoms with Crippen molar-refractivity contribution in [3.05, 3.63) is 23.3 Å². The van der Waals surface area contributed by atoms with E-state index in [1.54, 1.807) is 0 Å². The van der Waals surface area contributed by atoms with Gasteiger partial charge >= 0.3 is 18.2 Å². The highest BCUT2D eigenvalue weighted by Gasteiger charge is 2.72. The summed E-state index contributed by atoms with van der Waals surface area (Å²) in [5.41, 5.74) is 5.56. The number of methoxy groups -OCH3 is 2. The third-order valence-corrected chi connectivity index (χ3v) is 5.42. The first-order chi connectivity index (χ1) is 13.7. The van der Waals surface area contributed by atoms with Gasteiger partial charge in [-0.2, -0.15) is 0 Å². The van der Waals surface area contributed by atoms with Gasteiger partial charge in [0.1, 0.15) is 18.4 Å². The maximum atomic E-state index is 12.1. The van der Waals surface area contributed by atoms with Gasteiger partial charge in [-0.3, -0.25) is 4.90 Å². The van der Waals surface area contributed by atoms with Gasteiger partial charge in [0, 0.05) is 5.56 Å². The number of aliphatic hydroxyl groups is 1. The van der Waals surface area contributed by atoms with Crippen LogP contribution in [0.5, 0.6) is 5.75 Å². The van der Waals surface area contributed by atoms with Crippen molar-refractivity contribution in [1.82, 2.24) is 4.90 Å². The molecule has 2 bridgehead atoms. The number of primary amides is 1. The Morgan fingerprint density at radius 1 is 1.31 bits per heavy atom. The molecule has 1 aromatic rings. The molecule has 2 amide bonds. The highest BCUT2D eigenvalue weighted by Crippen LogP contribution is 2.56. The molecule has 4 N–H and O–H groups in total. The lowest BCUT2D eigenvalue weighted by Crippen LogP contribution is -2.59. The van der Waals surface area contributed by atoms with Crippen LogP contribution >= 0.6 is 0 Å². The number of ether oxygens (including phenoxy) is 3. The Balaban J connectivity index is 1.82. The fourth-order valence-corrected chi connectivity index (χ4v) is 4.15. The molecular weight excluding hydrogens is 390 g/mol. The van der Waals surface area contributed by atoms with E-state index in [0.717, 1.165) is 0 Å². The fourth-order valence-electron chi connectivity index (χ4n) is 4.15. The summed E-state index contributed by atoms with van der Waals surface area (Å²) in [6, 6.07) is 1.36. The molecular formula is C17H19N3O9. The summed E-state index contributed by atoms with van der Waals surface area (Å²) in [5.74, 6) is -4.15. The number of carbonyl (C=O) groups is 3. The zero-order valence-corrected chi connectivity index (χ0v) is 15.5. The van der Waals surface area contributed by atoms with E-state index in [2.05, 4.69) is 0 Å². The molecule has 12 heteroatoms. The second-order valence-electron chi connectivity index (χ2n) is 6.90. The summed E-state index contributed by atoms with van der Waals surface area (Å²) in [7, 11) is 2.41. The van der Waals surface area contributed by atoms with Gasteiger partial charge < -0.3 is 30.2 Å². The number of nitrogens with two attached hydrogens (primary N) is 1. The number of phenols is 1. The summed E-state index contributed by atoms with van der Waals surface area (Å²) in [4.78, 5) is 42.2. The number of hydrogen-bond donors (Lipinski definition) is 3. The first-order valence-electron chi connectivity index (χ1n) is 8.65. The van der Waals surface area contributed by atoms with Crippen LogP contribution in [0.1, 0.15) is 21.8 Å². The van der Waals surface area contributed by atoms with Crippen molar-refractivity contribution in [1.29, 1.82) is 0 Å². The second-order valence-corrected chi connectivity index (χ2v) is 6.90. The molecule has 0 radical (unpaired) electrons. The third-order valence-electron chi connectivity index (χ3n) is 5.42. The number of esters is 1. The summed E-state index contributed by atoms with van der Waals surface area (Å²) >= 11 is 0. The average molecular weight is 409 g/mol. The Morgan fingerprint density at radius 2 is 2.03 bits per heavy atom. The summed E-state index contributed by atoms with van der Waals surface area (Å²) in [6.45, 7) is -0.279. The fraction of sp³-hybridized carbons (Fsp3) is 0.471. The number of aromatic hydroxyl groups is 1. The molecule has 0 spiro atoms. The normalized spacial score (nSPS) is 28.7. The number of fused-ring (bicyclic) bond motifs is 6. The Bertz CT molecular complexity index is 906. The van der Waals surface area contributed by atoms with Crippen molar-refractivity contribution in [2.24, 2.45) is 5.73 Å². The molecule has 3 aliphatic rings. The molecule has 4 atom stereocenters. The quantitative estimate of drug-likeness (QED) is 0.341. The predicted octanol–water partition coefficient (Wildman–Crippen LogP) is -0.369. The van der Waals surface area contributed by atoms with E-state index in [9.17, 15) is 24.6 Å². The highest BCUT2D eigenvalue weighted by molar-refractivity contribution is 5.92. The number of anilines is 1. The van der Waals surface area contributed by atoms with Crippen LogP contribution in [0.4, 0.5) is 15.3 Å². The van der Waals surface area contributed by atoms with Crippen LogP contribution < -0.4 is 10.8 Å². The molecule has 3 heterocycles. The molecule has 4 rings (SSSR count). The molecule has 0 aliphatic carbocycles. The van der Waals surface area contributed by atoms with Gasteiger partial charge in [0.2, 0.25) is 5.79 Å². The first-order valence-corrected chi connectivity index (χ1v) is 8.65. The lowest BCUT2D eigenvalue weighted by molar-refractivity contribution is -0.250. The number of benzene rings is 1. The summed E-state index contributed by atoms with van der Waals surface area (Å²) < 4.78 is 14.3. The number of nitrogens with zero attached hydrogens (tertiary/aromatic N) is 2. The summed E-state index contributed by atoms with van der Waals surface area (Å²) in [6.07, 6.45) is -1.75. The maximum Gasteiger partial charge on any atom is 0.410 e. The van der Waals surface area contributed by atoms with Crippen LogP contribution in [0, 0.1) is 0 Å². The standard InChI is InChI=1S/C17H19N3O9/c1-26-14(22)7-3-9-12(11(21)4-7)8(6-28-15(18)23)17(25)13-10(5-19(9)29-17)20(13)16(24)27-2/h3-4,8,10,13,21,25H,5-6H2,1-2H3,(H2,18,23)/t8-,10-,13-,17?,20?/m0/s1. The minimum atomic E-state index is -2.02. The van der Waals surface area contributed by atoms with Crippen LogP contribution in [0.3, 0.4) is 0 Å². The van der Waals surface area contributed by atoms with Gasteiger partial charge in [0.25, 0.3) is 0 Å². The predicted molar refractivity (Wildman–Crippen MR) is 92.9 cm³/mol. The number of hydrogen-bond acceptors (Lipinski definition) is 10. The molecule has 2 saturated heterocycles. The monoisotopic (exact) mass is 409 g/mol. The Morgan fingerprint density at radius 3 is 2.66 bits per heavy atom. The van der Waals surface area contributed by atoms with Crippen molar-refractivity contribution < 1.29 is 43.6 Å². The molecule has 0 saturated carbocycles. The molecule has 2 fully saturated rings. The lowest BCUT2D eigenvalue weighted by atomic mass is 9.82. The van der Waals surface area contributed by atoms with Gasteiger partial charge in [0.15, 0.2) is 0 Å². The summed E-state index contributed by atoms with van der Waals surface area (Å²) in [5, 5.41) is 23.3. The Hall–Kier alpha value is -3.25. The van der Waals surface area contributed by atoms with E-state index in [1.165, 1.54) is 36.3 Å². The number of amides is 2. The average Bonchev–Trinajstić information content (AvgIpc) is 3.41.